The van der Waals surface area contributed by atoms with Crippen LogP contribution in [-0.4, -0.2) is 11.1 Å². The molecule has 0 saturated carbocycles. The molecule has 1 N–H and O–H groups in total. The molecule has 0 radical (unpaired) electrons. The highest BCUT2D eigenvalue weighted by Crippen LogP contribution is 2.33. The molecule has 0 aromatic carbocycles. The molecule has 1 unspecified atom stereocenters. The van der Waals surface area contributed by atoms with Gasteiger partial charge in [0.1, 0.15) is 4.87 Å². The van der Waals surface area contributed by atoms with Crippen LogP contribution >= 0.6 is 34.8 Å². The van der Waals surface area contributed by atoms with E-state index in [1.54, 1.807) is 12.2 Å². The topological polar surface area (TPSA) is 23.9 Å². The zero-order valence-corrected chi connectivity index (χ0v) is 7.84. The summed E-state index contributed by atoms with van der Waals surface area (Å²) in [5.41, 5.74) is 0. The van der Waals surface area contributed by atoms with Crippen LogP contribution in [-0.2, 0) is 0 Å². The van der Waals surface area contributed by atoms with Gasteiger partial charge in [-0.25, -0.2) is 0 Å². The normalized spacial score (nSPS) is 30.8. The van der Waals surface area contributed by atoms with Gasteiger partial charge in [0, 0.05) is 22.7 Å². The van der Waals surface area contributed by atoms with Crippen molar-refractivity contribution in [1.82, 2.24) is 0 Å². The maximum atomic E-state index is 7.03. The molecule has 11 heavy (non-hydrogen) atoms. The van der Waals surface area contributed by atoms with E-state index in [2.05, 4.69) is 0 Å². The highest BCUT2D eigenvalue weighted by Gasteiger charge is 2.26. The van der Waals surface area contributed by atoms with Gasteiger partial charge < -0.3 is 5.41 Å². The van der Waals surface area contributed by atoms with Gasteiger partial charge in [0.05, 0.1) is 0 Å². The molecule has 0 bridgehead atoms. The SMILES string of the molecule is N=CC1(Cl)C=C(Cl)C=C(Cl)C1. The van der Waals surface area contributed by atoms with Crippen LogP contribution in [0.5, 0.6) is 0 Å². The van der Waals surface area contributed by atoms with Gasteiger partial charge in [-0.1, -0.05) is 23.2 Å². The van der Waals surface area contributed by atoms with E-state index >= 15 is 0 Å². The summed E-state index contributed by atoms with van der Waals surface area (Å²) in [5, 5.41) is 8.09. The van der Waals surface area contributed by atoms with Crippen LogP contribution in [0.3, 0.4) is 0 Å². The van der Waals surface area contributed by atoms with Crippen LogP contribution in [0, 0.1) is 5.41 Å². The van der Waals surface area contributed by atoms with Crippen LogP contribution in [0.15, 0.2) is 22.2 Å². The van der Waals surface area contributed by atoms with Crippen molar-refractivity contribution in [3.63, 3.8) is 0 Å². The Hall–Kier alpha value is 0.0200. The number of halogens is 3. The predicted octanol–water partition coefficient (Wildman–Crippen LogP) is 3.26. The Morgan fingerprint density at radius 2 is 2.18 bits per heavy atom. The molecule has 0 heterocycles. The zero-order valence-electron chi connectivity index (χ0n) is 5.57. The van der Waals surface area contributed by atoms with Gasteiger partial charge in [0.2, 0.25) is 0 Å². The first-order valence-corrected chi connectivity index (χ1v) is 4.14. The number of allylic oxidation sites excluding steroid dienone is 4. The van der Waals surface area contributed by atoms with Gasteiger partial charge in [-0.15, -0.1) is 11.6 Å². The zero-order chi connectivity index (χ0) is 8.48. The molecule has 0 spiro atoms. The summed E-state index contributed by atoms with van der Waals surface area (Å²) in [7, 11) is 0. The van der Waals surface area contributed by atoms with Crippen molar-refractivity contribution in [3.05, 3.63) is 22.2 Å². The minimum absolute atomic E-state index is 0.440. The number of hydrogen-bond acceptors (Lipinski definition) is 1. The Bertz CT molecular complexity index is 244. The molecule has 4 heteroatoms. The fourth-order valence-corrected chi connectivity index (χ4v) is 1.98. The molecule has 0 aromatic rings. The number of alkyl halides is 1. The lowest BCUT2D eigenvalue weighted by Crippen LogP contribution is -2.22. The molecule has 0 aliphatic heterocycles. The van der Waals surface area contributed by atoms with Gasteiger partial charge in [0.25, 0.3) is 0 Å². The third-order valence-corrected chi connectivity index (χ3v) is 2.16. The molecule has 0 amide bonds. The molecule has 1 aliphatic carbocycles. The van der Waals surface area contributed by atoms with E-state index in [4.69, 9.17) is 40.2 Å². The van der Waals surface area contributed by atoms with Crippen molar-refractivity contribution in [1.29, 1.82) is 5.41 Å². The van der Waals surface area contributed by atoms with Crippen molar-refractivity contribution >= 4 is 41.0 Å². The van der Waals surface area contributed by atoms with Gasteiger partial charge in [-0.3, -0.25) is 0 Å². The highest BCUT2D eigenvalue weighted by molar-refractivity contribution is 6.40. The van der Waals surface area contributed by atoms with E-state index in [-0.39, 0.29) is 0 Å². The predicted molar refractivity (Wildman–Crippen MR) is 49.9 cm³/mol. The van der Waals surface area contributed by atoms with Crippen molar-refractivity contribution in [2.24, 2.45) is 0 Å². The summed E-state index contributed by atoms with van der Waals surface area (Å²) in [4.78, 5) is -0.817. The summed E-state index contributed by atoms with van der Waals surface area (Å²) in [6.07, 6.45) is 4.81. The van der Waals surface area contributed by atoms with Crippen molar-refractivity contribution < 1.29 is 0 Å². The fourth-order valence-electron chi connectivity index (χ4n) is 0.874. The third-order valence-electron chi connectivity index (χ3n) is 1.35. The van der Waals surface area contributed by atoms with Gasteiger partial charge >= 0.3 is 0 Å². The van der Waals surface area contributed by atoms with Crippen LogP contribution in [0.25, 0.3) is 0 Å². The summed E-state index contributed by atoms with van der Waals surface area (Å²) in [6, 6.07) is 0. The second kappa shape index (κ2) is 3.18. The van der Waals surface area contributed by atoms with Crippen LogP contribution in [0.4, 0.5) is 0 Å². The van der Waals surface area contributed by atoms with E-state index in [0.717, 1.165) is 6.21 Å². The second-order valence-electron chi connectivity index (χ2n) is 2.37. The van der Waals surface area contributed by atoms with E-state index in [0.29, 0.717) is 16.5 Å². The molecular formula is C7H6Cl3N. The summed E-state index contributed by atoms with van der Waals surface area (Å²) < 4.78 is 0. The van der Waals surface area contributed by atoms with Crippen LogP contribution < -0.4 is 0 Å². The Morgan fingerprint density at radius 1 is 1.55 bits per heavy atom. The molecule has 60 valence electrons. The van der Waals surface area contributed by atoms with Crippen LogP contribution in [0.1, 0.15) is 6.42 Å². The van der Waals surface area contributed by atoms with E-state index in [9.17, 15) is 0 Å². The average Bonchev–Trinajstić information content (AvgIpc) is 1.84. The summed E-state index contributed by atoms with van der Waals surface area (Å²) in [5.74, 6) is 0. The third kappa shape index (κ3) is 2.22. The maximum Gasteiger partial charge on any atom is 0.103 e. The minimum Gasteiger partial charge on any atom is -0.311 e. The average molecular weight is 210 g/mol. The first-order chi connectivity index (χ1) is 5.06. The molecule has 0 aromatic heterocycles. The smallest absolute Gasteiger partial charge is 0.103 e. The standard InChI is InChI=1S/C7H6Cl3N/c8-5-1-6(9)3-7(10,2-5)4-11/h1-2,4,11H,3H2. The van der Waals surface area contributed by atoms with Gasteiger partial charge in [-0.05, 0) is 12.2 Å². The highest BCUT2D eigenvalue weighted by atomic mass is 35.5. The Morgan fingerprint density at radius 3 is 2.64 bits per heavy atom. The summed E-state index contributed by atoms with van der Waals surface area (Å²) >= 11 is 17.3. The number of hydrogen-bond donors (Lipinski definition) is 1. The fraction of sp³-hybridized carbons (Fsp3) is 0.286. The molecule has 0 fully saturated rings. The Kier molecular flexibility index (Phi) is 2.63. The lowest BCUT2D eigenvalue weighted by molar-refractivity contribution is 0.908. The molecule has 1 atom stereocenters. The summed E-state index contributed by atoms with van der Waals surface area (Å²) in [6.45, 7) is 0. The molecule has 1 nitrogen and oxygen atoms in total. The number of nitrogens with one attached hydrogen (secondary N) is 1. The minimum atomic E-state index is -0.817. The lowest BCUT2D eigenvalue weighted by atomic mass is 10.0. The first kappa shape index (κ1) is 9.11. The second-order valence-corrected chi connectivity index (χ2v) is 3.99. The molecule has 0 saturated heterocycles. The Labute approximate surface area is 80.1 Å². The first-order valence-electron chi connectivity index (χ1n) is 3.01. The quantitative estimate of drug-likeness (QED) is 0.507. The molecular weight excluding hydrogens is 204 g/mol. The van der Waals surface area contributed by atoms with Crippen molar-refractivity contribution in [2.75, 3.05) is 0 Å². The molecule has 1 aliphatic rings. The van der Waals surface area contributed by atoms with Gasteiger partial charge in [0.15, 0.2) is 0 Å². The van der Waals surface area contributed by atoms with E-state index in [1.165, 1.54) is 0 Å². The van der Waals surface area contributed by atoms with Crippen molar-refractivity contribution in [3.8, 4) is 0 Å². The van der Waals surface area contributed by atoms with Crippen LogP contribution in [0.2, 0.25) is 0 Å². The van der Waals surface area contributed by atoms with Gasteiger partial charge in [-0.2, -0.15) is 0 Å². The van der Waals surface area contributed by atoms with E-state index in [1.807, 2.05) is 0 Å². The maximum absolute atomic E-state index is 7.03. The number of rotatable bonds is 1. The molecule has 1 rings (SSSR count). The van der Waals surface area contributed by atoms with E-state index < -0.39 is 4.87 Å². The van der Waals surface area contributed by atoms with Crippen molar-refractivity contribution in [2.45, 2.75) is 11.3 Å². The largest absolute Gasteiger partial charge is 0.311 e. The Balaban J connectivity index is 2.95. The monoisotopic (exact) mass is 209 g/mol. The lowest BCUT2D eigenvalue weighted by Gasteiger charge is -2.20.